The van der Waals surface area contributed by atoms with Gasteiger partial charge in [-0.2, -0.15) is 0 Å². The van der Waals surface area contributed by atoms with Crippen molar-refractivity contribution < 1.29 is 13.9 Å². The van der Waals surface area contributed by atoms with Crippen molar-refractivity contribution in [2.45, 2.75) is 25.4 Å². The second-order valence-electron chi connectivity index (χ2n) is 6.10. The monoisotopic (exact) mass is 372 g/mol. The Hall–Kier alpha value is -3.22. The minimum absolute atomic E-state index is 0.316. The van der Waals surface area contributed by atoms with Gasteiger partial charge >= 0.3 is 5.69 Å². The van der Waals surface area contributed by atoms with Gasteiger partial charge in [0.15, 0.2) is 0 Å². The fourth-order valence-corrected chi connectivity index (χ4v) is 2.80. The smallest absolute Gasteiger partial charge is 0.333 e. The summed E-state index contributed by atoms with van der Waals surface area (Å²) < 4.78 is 30.4. The Labute approximate surface area is 153 Å². The summed E-state index contributed by atoms with van der Waals surface area (Å²) in [5.41, 5.74) is -1.16. The zero-order valence-electron chi connectivity index (χ0n) is 14.3. The lowest BCUT2D eigenvalue weighted by Crippen LogP contribution is -2.40. The number of aromatic nitrogens is 2. The van der Waals surface area contributed by atoms with Crippen LogP contribution in [0.25, 0.3) is 0 Å². The molecule has 2 atom stereocenters. The Balaban J connectivity index is 1.91. The van der Waals surface area contributed by atoms with E-state index in [1.807, 2.05) is 0 Å². The number of aromatic hydroxyl groups is 1. The van der Waals surface area contributed by atoms with Gasteiger partial charge in [-0.3, -0.25) is 13.9 Å². The molecular formula is C20H18F2N2O3. The first kappa shape index (κ1) is 18.6. The minimum atomic E-state index is -1.59. The molecule has 1 heterocycles. The van der Waals surface area contributed by atoms with E-state index < -0.39 is 42.6 Å². The molecule has 0 aliphatic carbocycles. The van der Waals surface area contributed by atoms with E-state index in [4.69, 9.17) is 0 Å². The second kappa shape index (κ2) is 7.99. The van der Waals surface area contributed by atoms with Gasteiger partial charge in [0.05, 0.1) is 19.2 Å². The van der Waals surface area contributed by atoms with Crippen molar-refractivity contribution in [3.63, 3.8) is 0 Å². The summed E-state index contributed by atoms with van der Waals surface area (Å²) in [6.07, 6.45) is -3.17. The molecular weight excluding hydrogens is 354 g/mol. The number of benzene rings is 2. The molecule has 5 nitrogen and oxygen atoms in total. The third-order valence-electron chi connectivity index (χ3n) is 4.27. The summed E-state index contributed by atoms with van der Waals surface area (Å²) in [6, 6.07) is 17.0. The zero-order chi connectivity index (χ0) is 19.4. The molecule has 0 saturated heterocycles. The summed E-state index contributed by atoms with van der Waals surface area (Å²) in [5, 5.41) is 9.93. The van der Waals surface area contributed by atoms with Crippen molar-refractivity contribution in [3.8, 4) is 5.88 Å². The Morgan fingerprint density at radius 1 is 0.778 bits per heavy atom. The van der Waals surface area contributed by atoms with Crippen molar-refractivity contribution in [1.29, 1.82) is 0 Å². The highest BCUT2D eigenvalue weighted by molar-refractivity contribution is 5.19. The molecule has 1 aromatic heterocycles. The van der Waals surface area contributed by atoms with Crippen molar-refractivity contribution in [1.82, 2.24) is 9.13 Å². The topological polar surface area (TPSA) is 64.2 Å². The number of halogens is 2. The molecule has 0 spiro atoms. The lowest BCUT2D eigenvalue weighted by molar-refractivity contribution is 0.261. The van der Waals surface area contributed by atoms with E-state index in [1.165, 1.54) is 0 Å². The van der Waals surface area contributed by atoms with Crippen LogP contribution in [0, 0.1) is 0 Å². The molecule has 2 unspecified atom stereocenters. The molecule has 0 fully saturated rings. The van der Waals surface area contributed by atoms with Crippen molar-refractivity contribution in [3.05, 3.63) is 98.7 Å². The average molecular weight is 372 g/mol. The standard InChI is InChI=1S/C20H18F2N2O3/c21-16(14-7-3-1-4-8-14)12-23-18(25)11-19(26)24(20(23)27)13-17(22)15-9-5-2-6-10-15/h1-11,16-17,25H,12-13H2. The molecule has 140 valence electrons. The Morgan fingerprint density at radius 2 is 1.22 bits per heavy atom. The van der Waals surface area contributed by atoms with Crippen molar-refractivity contribution in [2.75, 3.05) is 0 Å². The summed E-state index contributed by atoms with van der Waals surface area (Å²) in [4.78, 5) is 24.6. The Morgan fingerprint density at radius 3 is 1.70 bits per heavy atom. The van der Waals surface area contributed by atoms with E-state index in [-0.39, 0.29) is 0 Å². The van der Waals surface area contributed by atoms with Crippen LogP contribution in [0.1, 0.15) is 23.5 Å². The van der Waals surface area contributed by atoms with E-state index >= 15 is 0 Å². The fraction of sp³-hybridized carbons (Fsp3) is 0.200. The molecule has 0 amide bonds. The first-order valence-corrected chi connectivity index (χ1v) is 8.39. The lowest BCUT2D eigenvalue weighted by atomic mass is 10.1. The maximum Gasteiger partial charge on any atom is 0.333 e. The Kier molecular flexibility index (Phi) is 5.49. The van der Waals surface area contributed by atoms with Gasteiger partial charge in [0.25, 0.3) is 5.56 Å². The van der Waals surface area contributed by atoms with Crippen molar-refractivity contribution in [2.24, 2.45) is 0 Å². The minimum Gasteiger partial charge on any atom is -0.494 e. The first-order valence-electron chi connectivity index (χ1n) is 8.39. The third kappa shape index (κ3) is 4.13. The fourth-order valence-electron chi connectivity index (χ4n) is 2.80. The summed E-state index contributed by atoms with van der Waals surface area (Å²) in [6.45, 7) is -1.01. The van der Waals surface area contributed by atoms with Crippen LogP contribution in [0.3, 0.4) is 0 Å². The quantitative estimate of drug-likeness (QED) is 0.723. The van der Waals surface area contributed by atoms with Crippen LogP contribution in [0.2, 0.25) is 0 Å². The van der Waals surface area contributed by atoms with Gasteiger partial charge < -0.3 is 5.11 Å². The van der Waals surface area contributed by atoms with Crippen LogP contribution < -0.4 is 11.2 Å². The van der Waals surface area contributed by atoms with Crippen LogP contribution in [0.4, 0.5) is 8.78 Å². The lowest BCUT2D eigenvalue weighted by Gasteiger charge is -2.16. The third-order valence-corrected chi connectivity index (χ3v) is 4.27. The number of rotatable bonds is 6. The maximum atomic E-state index is 14.5. The summed E-state index contributed by atoms with van der Waals surface area (Å²) >= 11 is 0. The highest BCUT2D eigenvalue weighted by atomic mass is 19.1. The molecule has 0 saturated carbocycles. The molecule has 0 aliphatic heterocycles. The largest absolute Gasteiger partial charge is 0.494 e. The SMILES string of the molecule is O=c1cc(O)n(CC(F)c2ccccc2)c(=O)n1CC(F)c1ccccc1. The van der Waals surface area contributed by atoms with Crippen LogP contribution in [0.15, 0.2) is 76.3 Å². The predicted octanol–water partition coefficient (Wildman–Crippen LogP) is 3.14. The van der Waals surface area contributed by atoms with E-state index in [9.17, 15) is 23.5 Å². The second-order valence-corrected chi connectivity index (χ2v) is 6.10. The summed E-state index contributed by atoms with van der Waals surface area (Å²) in [5.74, 6) is -0.657. The highest BCUT2D eigenvalue weighted by Crippen LogP contribution is 2.21. The molecule has 0 bridgehead atoms. The van der Waals surface area contributed by atoms with Gasteiger partial charge in [-0.1, -0.05) is 60.7 Å². The number of hydrogen-bond acceptors (Lipinski definition) is 3. The first-order chi connectivity index (χ1) is 13.0. The number of nitrogens with zero attached hydrogens (tertiary/aromatic N) is 2. The van der Waals surface area contributed by atoms with Crippen LogP contribution in [-0.2, 0) is 13.1 Å². The molecule has 3 aromatic rings. The number of alkyl halides is 2. The zero-order valence-corrected chi connectivity index (χ0v) is 14.3. The molecule has 2 aromatic carbocycles. The van der Waals surface area contributed by atoms with Gasteiger partial charge in [-0.05, 0) is 11.1 Å². The van der Waals surface area contributed by atoms with E-state index in [0.717, 1.165) is 10.6 Å². The average Bonchev–Trinajstić information content (AvgIpc) is 2.69. The van der Waals surface area contributed by atoms with E-state index in [2.05, 4.69) is 0 Å². The molecule has 7 heteroatoms. The van der Waals surface area contributed by atoms with Crippen LogP contribution in [-0.4, -0.2) is 14.2 Å². The van der Waals surface area contributed by atoms with Gasteiger partial charge in [-0.25, -0.2) is 13.6 Å². The number of hydrogen-bond donors (Lipinski definition) is 1. The highest BCUT2D eigenvalue weighted by Gasteiger charge is 2.19. The van der Waals surface area contributed by atoms with Gasteiger partial charge in [-0.15, -0.1) is 0 Å². The molecule has 0 aliphatic rings. The van der Waals surface area contributed by atoms with Crippen molar-refractivity contribution >= 4 is 0 Å². The Bertz CT molecular complexity index is 1020. The molecule has 0 radical (unpaired) electrons. The van der Waals surface area contributed by atoms with E-state index in [0.29, 0.717) is 15.7 Å². The van der Waals surface area contributed by atoms with Gasteiger partial charge in [0.1, 0.15) is 12.3 Å². The summed E-state index contributed by atoms with van der Waals surface area (Å²) in [7, 11) is 0. The van der Waals surface area contributed by atoms with E-state index in [1.54, 1.807) is 60.7 Å². The maximum absolute atomic E-state index is 14.5. The normalized spacial score (nSPS) is 13.3. The van der Waals surface area contributed by atoms with Gasteiger partial charge in [0.2, 0.25) is 5.88 Å². The van der Waals surface area contributed by atoms with Crippen LogP contribution in [0.5, 0.6) is 5.88 Å². The predicted molar refractivity (Wildman–Crippen MR) is 97.2 cm³/mol. The molecule has 1 N–H and O–H groups in total. The molecule has 3 rings (SSSR count). The van der Waals surface area contributed by atoms with Crippen LogP contribution >= 0.6 is 0 Å². The molecule has 27 heavy (non-hydrogen) atoms. The van der Waals surface area contributed by atoms with Gasteiger partial charge in [0, 0.05) is 0 Å².